The maximum Gasteiger partial charge on any atom is 0.185 e. The summed E-state index contributed by atoms with van der Waals surface area (Å²) >= 11 is 5.92. The third kappa shape index (κ3) is 1.74. The van der Waals surface area contributed by atoms with Crippen LogP contribution in [0.15, 0.2) is 28.9 Å². The Kier molecular flexibility index (Phi) is 2.79. The summed E-state index contributed by atoms with van der Waals surface area (Å²) in [5, 5.41) is 0.257. The third-order valence-electron chi connectivity index (χ3n) is 2.34. The minimum atomic E-state index is -0.370. The summed E-state index contributed by atoms with van der Waals surface area (Å²) in [5.41, 5.74) is 1.64. The van der Waals surface area contributed by atoms with Gasteiger partial charge in [-0.2, -0.15) is 0 Å². The van der Waals surface area contributed by atoms with Crippen molar-refractivity contribution in [1.29, 1.82) is 0 Å². The number of rotatable bonds is 2. The van der Waals surface area contributed by atoms with Crippen LogP contribution < -0.4 is 0 Å². The van der Waals surface area contributed by atoms with Crippen LogP contribution in [0.25, 0.3) is 11.1 Å². The summed E-state index contributed by atoms with van der Waals surface area (Å²) in [7, 11) is 0. The van der Waals surface area contributed by atoms with E-state index in [1.54, 1.807) is 19.1 Å². The predicted octanol–water partition coefficient (Wildman–Crippen LogP) is 3.86. The van der Waals surface area contributed by atoms with Gasteiger partial charge >= 0.3 is 0 Å². The zero-order valence-electron chi connectivity index (χ0n) is 8.46. The molecule has 2 nitrogen and oxygen atoms in total. The fourth-order valence-corrected chi connectivity index (χ4v) is 1.75. The zero-order valence-corrected chi connectivity index (χ0v) is 9.22. The molecule has 16 heavy (non-hydrogen) atoms. The Morgan fingerprint density at radius 1 is 1.38 bits per heavy atom. The van der Waals surface area contributed by atoms with E-state index < -0.39 is 0 Å². The molecule has 0 aliphatic rings. The second kappa shape index (κ2) is 4.10. The Balaban J connectivity index is 2.64. The van der Waals surface area contributed by atoms with Gasteiger partial charge in [-0.15, -0.1) is 0 Å². The van der Waals surface area contributed by atoms with Crippen LogP contribution >= 0.6 is 11.6 Å². The standard InChI is InChI=1S/C12H8ClFO2/c1-7-4-9(10(13)5-11(7)14)8-2-3-16-12(8)6-15/h2-6H,1H3. The number of carbonyl (C=O) groups excluding carboxylic acids is 1. The van der Waals surface area contributed by atoms with Gasteiger partial charge in [-0.25, -0.2) is 4.39 Å². The molecule has 0 spiro atoms. The molecule has 0 unspecified atom stereocenters. The Morgan fingerprint density at radius 3 is 2.81 bits per heavy atom. The molecule has 0 saturated carbocycles. The van der Waals surface area contributed by atoms with Crippen molar-refractivity contribution in [3.63, 3.8) is 0 Å². The van der Waals surface area contributed by atoms with Gasteiger partial charge in [-0.05, 0) is 30.7 Å². The average molecular weight is 239 g/mol. The molecule has 0 saturated heterocycles. The second-order valence-electron chi connectivity index (χ2n) is 3.40. The van der Waals surface area contributed by atoms with E-state index in [0.717, 1.165) is 0 Å². The molecule has 0 amide bonds. The topological polar surface area (TPSA) is 30.2 Å². The van der Waals surface area contributed by atoms with E-state index in [1.165, 1.54) is 12.3 Å². The van der Waals surface area contributed by atoms with Crippen LogP contribution in [-0.4, -0.2) is 6.29 Å². The van der Waals surface area contributed by atoms with Crippen molar-refractivity contribution in [3.05, 3.63) is 46.6 Å². The molecule has 0 N–H and O–H groups in total. The van der Waals surface area contributed by atoms with Gasteiger partial charge in [0.15, 0.2) is 12.0 Å². The van der Waals surface area contributed by atoms with Crippen LogP contribution in [0.3, 0.4) is 0 Å². The molecule has 0 bridgehead atoms. The van der Waals surface area contributed by atoms with E-state index in [9.17, 15) is 9.18 Å². The minimum absolute atomic E-state index is 0.188. The highest BCUT2D eigenvalue weighted by Gasteiger charge is 2.13. The zero-order chi connectivity index (χ0) is 11.7. The van der Waals surface area contributed by atoms with Gasteiger partial charge in [0, 0.05) is 11.1 Å². The predicted molar refractivity (Wildman–Crippen MR) is 59.2 cm³/mol. The molecule has 0 radical (unpaired) electrons. The van der Waals surface area contributed by atoms with Crippen molar-refractivity contribution in [1.82, 2.24) is 0 Å². The summed E-state index contributed by atoms with van der Waals surface area (Å²) < 4.78 is 18.2. The minimum Gasteiger partial charge on any atom is -0.461 e. The number of carbonyl (C=O) groups is 1. The summed E-state index contributed by atoms with van der Waals surface area (Å²) in [6, 6.07) is 4.45. The van der Waals surface area contributed by atoms with Crippen molar-refractivity contribution in [2.75, 3.05) is 0 Å². The van der Waals surface area contributed by atoms with Crippen LogP contribution in [0.5, 0.6) is 0 Å². The van der Waals surface area contributed by atoms with Gasteiger partial charge in [-0.1, -0.05) is 11.6 Å². The first-order valence-electron chi connectivity index (χ1n) is 4.62. The number of hydrogen-bond donors (Lipinski definition) is 0. The molecule has 2 rings (SSSR count). The van der Waals surface area contributed by atoms with Gasteiger partial charge in [0.25, 0.3) is 0 Å². The van der Waals surface area contributed by atoms with Gasteiger partial charge in [0.2, 0.25) is 0 Å². The molecule has 4 heteroatoms. The molecule has 0 fully saturated rings. The lowest BCUT2D eigenvalue weighted by molar-refractivity contribution is 0.110. The van der Waals surface area contributed by atoms with Crippen molar-refractivity contribution < 1.29 is 13.6 Å². The smallest absolute Gasteiger partial charge is 0.185 e. The molecule has 0 atom stereocenters. The van der Waals surface area contributed by atoms with Gasteiger partial charge in [0.1, 0.15) is 5.82 Å². The number of halogens is 2. The highest BCUT2D eigenvalue weighted by molar-refractivity contribution is 6.33. The van der Waals surface area contributed by atoms with Crippen LogP contribution in [0.1, 0.15) is 16.1 Å². The summed E-state index contributed by atoms with van der Waals surface area (Å²) in [4.78, 5) is 10.7. The van der Waals surface area contributed by atoms with Crippen molar-refractivity contribution in [2.45, 2.75) is 6.92 Å². The van der Waals surface area contributed by atoms with Crippen molar-refractivity contribution in [2.24, 2.45) is 0 Å². The number of aryl methyl sites for hydroxylation is 1. The fraction of sp³-hybridized carbons (Fsp3) is 0.0833. The molecular weight excluding hydrogens is 231 g/mol. The quantitative estimate of drug-likeness (QED) is 0.744. The maximum absolute atomic E-state index is 13.2. The van der Waals surface area contributed by atoms with Crippen molar-refractivity contribution >= 4 is 17.9 Å². The highest BCUT2D eigenvalue weighted by atomic mass is 35.5. The third-order valence-corrected chi connectivity index (χ3v) is 2.65. The Bertz CT molecular complexity index is 546. The SMILES string of the molecule is Cc1cc(-c2ccoc2C=O)c(Cl)cc1F. The molecule has 1 aromatic carbocycles. The molecule has 1 aromatic heterocycles. The first kappa shape index (κ1) is 10.9. The van der Waals surface area contributed by atoms with E-state index in [1.807, 2.05) is 0 Å². The maximum atomic E-state index is 13.2. The molecule has 82 valence electrons. The fourth-order valence-electron chi connectivity index (χ4n) is 1.50. The monoisotopic (exact) mass is 238 g/mol. The number of furan rings is 1. The molecule has 0 aliphatic carbocycles. The van der Waals surface area contributed by atoms with Gasteiger partial charge in [-0.3, -0.25) is 4.79 Å². The normalized spacial score (nSPS) is 10.4. The molecule has 0 aliphatic heterocycles. The van der Waals surface area contributed by atoms with Crippen LogP contribution in [0.4, 0.5) is 4.39 Å². The van der Waals surface area contributed by atoms with Crippen LogP contribution in [-0.2, 0) is 0 Å². The van der Waals surface area contributed by atoms with Gasteiger partial charge in [0.05, 0.1) is 11.3 Å². The molecule has 1 heterocycles. The number of benzene rings is 1. The molecule has 2 aromatic rings. The lowest BCUT2D eigenvalue weighted by Gasteiger charge is -2.05. The summed E-state index contributed by atoms with van der Waals surface area (Å²) in [6.45, 7) is 1.63. The van der Waals surface area contributed by atoms with E-state index in [-0.39, 0.29) is 16.6 Å². The van der Waals surface area contributed by atoms with E-state index >= 15 is 0 Å². The van der Waals surface area contributed by atoms with Crippen LogP contribution in [0, 0.1) is 12.7 Å². The van der Waals surface area contributed by atoms with Crippen molar-refractivity contribution in [3.8, 4) is 11.1 Å². The first-order chi connectivity index (χ1) is 7.63. The number of hydrogen-bond acceptors (Lipinski definition) is 2. The Labute approximate surface area is 96.6 Å². The average Bonchev–Trinajstić information content (AvgIpc) is 2.71. The van der Waals surface area contributed by atoms with Gasteiger partial charge < -0.3 is 4.42 Å². The van der Waals surface area contributed by atoms with E-state index in [4.69, 9.17) is 16.0 Å². The molecular formula is C12H8ClFO2. The lowest BCUT2D eigenvalue weighted by atomic mass is 10.0. The van der Waals surface area contributed by atoms with E-state index in [2.05, 4.69) is 0 Å². The highest BCUT2D eigenvalue weighted by Crippen LogP contribution is 2.32. The second-order valence-corrected chi connectivity index (χ2v) is 3.80. The Morgan fingerprint density at radius 2 is 2.12 bits per heavy atom. The van der Waals surface area contributed by atoms with E-state index in [0.29, 0.717) is 23.0 Å². The summed E-state index contributed by atoms with van der Waals surface area (Å²) in [5.74, 6) is -0.183. The lowest BCUT2D eigenvalue weighted by Crippen LogP contribution is -1.88. The largest absolute Gasteiger partial charge is 0.461 e. The van der Waals surface area contributed by atoms with Crippen LogP contribution in [0.2, 0.25) is 5.02 Å². The summed E-state index contributed by atoms with van der Waals surface area (Å²) in [6.07, 6.45) is 2.00. The first-order valence-corrected chi connectivity index (χ1v) is 5.00. The number of aldehydes is 1. The Hall–Kier alpha value is -1.61.